The number of rotatable bonds is 4. The van der Waals surface area contributed by atoms with E-state index < -0.39 is 10.0 Å². The Morgan fingerprint density at radius 3 is 2.55 bits per heavy atom. The Kier molecular flexibility index (Phi) is 5.55. The third kappa shape index (κ3) is 4.27. The maximum atomic E-state index is 13.1. The fraction of sp³-hybridized carbons (Fsp3) is 0.300. The van der Waals surface area contributed by atoms with Crippen molar-refractivity contribution in [2.75, 3.05) is 22.7 Å². The maximum Gasteiger partial charge on any atom is 0.264 e. The van der Waals surface area contributed by atoms with Crippen LogP contribution in [0.25, 0.3) is 11.0 Å². The van der Waals surface area contributed by atoms with Gasteiger partial charge in [0.25, 0.3) is 10.0 Å². The van der Waals surface area contributed by atoms with Crippen molar-refractivity contribution in [1.29, 1.82) is 0 Å². The number of piperidine rings is 1. The molecule has 1 aliphatic heterocycles. The lowest BCUT2D eigenvalue weighted by Crippen LogP contribution is -2.35. The third-order valence-electron chi connectivity index (χ3n) is 4.92. The summed E-state index contributed by atoms with van der Waals surface area (Å²) in [5, 5.41) is 0.369. The average molecular weight is 451 g/mol. The van der Waals surface area contributed by atoms with E-state index in [0.717, 1.165) is 25.9 Å². The summed E-state index contributed by atoms with van der Waals surface area (Å²) in [5.74, 6) is 1.20. The van der Waals surface area contributed by atoms with E-state index in [1.165, 1.54) is 12.1 Å². The van der Waals surface area contributed by atoms with Gasteiger partial charge in [-0.05, 0) is 49.1 Å². The molecule has 1 aliphatic rings. The molecule has 1 saturated heterocycles. The van der Waals surface area contributed by atoms with E-state index in [-0.39, 0.29) is 20.8 Å². The van der Waals surface area contributed by atoms with Crippen LogP contribution in [-0.2, 0) is 10.0 Å². The Morgan fingerprint density at radius 2 is 1.83 bits per heavy atom. The highest BCUT2D eigenvalue weighted by molar-refractivity contribution is 7.92. The van der Waals surface area contributed by atoms with Gasteiger partial charge < -0.3 is 4.90 Å². The van der Waals surface area contributed by atoms with E-state index in [2.05, 4.69) is 21.5 Å². The number of para-hydroxylation sites is 2. The molecule has 2 heterocycles. The maximum absolute atomic E-state index is 13.1. The lowest BCUT2D eigenvalue weighted by molar-refractivity contribution is 0.445. The molecular weight excluding hydrogens is 431 g/mol. The number of benzene rings is 2. The summed E-state index contributed by atoms with van der Waals surface area (Å²) < 4.78 is 28.7. The lowest BCUT2D eigenvalue weighted by atomic mass is 10.0. The molecule has 1 N–H and O–H groups in total. The minimum Gasteiger partial charge on any atom is -0.353 e. The van der Waals surface area contributed by atoms with Crippen molar-refractivity contribution in [3.8, 4) is 0 Å². The van der Waals surface area contributed by atoms with Gasteiger partial charge in [0.15, 0.2) is 11.6 Å². The van der Waals surface area contributed by atoms with Gasteiger partial charge in [-0.3, -0.25) is 4.72 Å². The van der Waals surface area contributed by atoms with Gasteiger partial charge in [-0.2, -0.15) is 0 Å². The number of halogens is 2. The second-order valence-electron chi connectivity index (χ2n) is 7.26. The molecule has 2 aromatic carbocycles. The normalized spacial score (nSPS) is 17.5. The van der Waals surface area contributed by atoms with Crippen LogP contribution in [0.4, 0.5) is 11.6 Å². The van der Waals surface area contributed by atoms with Gasteiger partial charge in [0.1, 0.15) is 4.90 Å². The van der Waals surface area contributed by atoms with Gasteiger partial charge in [0, 0.05) is 18.1 Å². The highest BCUT2D eigenvalue weighted by Gasteiger charge is 2.26. The van der Waals surface area contributed by atoms with Crippen LogP contribution in [0.1, 0.15) is 19.8 Å². The molecule has 1 atom stereocenters. The van der Waals surface area contributed by atoms with Crippen LogP contribution in [0.3, 0.4) is 0 Å². The van der Waals surface area contributed by atoms with Gasteiger partial charge in [0.2, 0.25) is 0 Å². The van der Waals surface area contributed by atoms with Crippen molar-refractivity contribution in [3.05, 3.63) is 52.5 Å². The second kappa shape index (κ2) is 7.97. The average Bonchev–Trinajstić information content (AvgIpc) is 2.69. The molecule has 0 aliphatic carbocycles. The number of nitrogens with one attached hydrogen (secondary N) is 1. The molecule has 152 valence electrons. The molecular formula is C20H20Cl2N4O2S. The molecule has 0 spiro atoms. The largest absolute Gasteiger partial charge is 0.353 e. The van der Waals surface area contributed by atoms with Gasteiger partial charge in [-0.25, -0.2) is 18.4 Å². The standard InChI is InChI=1S/C20H20Cl2N4O2S/c1-13-5-4-10-26(12-13)20-19(23-16-6-2-3-7-17(16)24-20)25-29(27,28)18-11-14(21)8-9-15(18)22/h2-3,6-9,11,13H,4-5,10,12H2,1H3,(H,23,25)/t13-/m1/s1. The van der Waals surface area contributed by atoms with Crippen molar-refractivity contribution in [2.45, 2.75) is 24.7 Å². The van der Waals surface area contributed by atoms with E-state index in [1.807, 2.05) is 18.2 Å². The molecule has 9 heteroatoms. The molecule has 1 fully saturated rings. The SMILES string of the molecule is C[C@@H]1CCCN(c2nc3ccccc3nc2NS(=O)(=O)c2cc(Cl)ccc2Cl)C1. The van der Waals surface area contributed by atoms with Crippen molar-refractivity contribution in [1.82, 2.24) is 9.97 Å². The number of hydrogen-bond donors (Lipinski definition) is 1. The lowest BCUT2D eigenvalue weighted by Gasteiger charge is -2.32. The first-order valence-corrected chi connectivity index (χ1v) is 11.6. The summed E-state index contributed by atoms with van der Waals surface area (Å²) in [6.07, 6.45) is 2.15. The van der Waals surface area contributed by atoms with Crippen molar-refractivity contribution < 1.29 is 8.42 Å². The smallest absolute Gasteiger partial charge is 0.264 e. The highest BCUT2D eigenvalue weighted by Crippen LogP contribution is 2.32. The van der Waals surface area contributed by atoms with Gasteiger partial charge in [0.05, 0.1) is 16.1 Å². The van der Waals surface area contributed by atoms with Crippen molar-refractivity contribution in [3.63, 3.8) is 0 Å². The Balaban J connectivity index is 1.81. The van der Waals surface area contributed by atoms with Crippen LogP contribution in [0.2, 0.25) is 10.0 Å². The van der Waals surface area contributed by atoms with Crippen LogP contribution in [0.15, 0.2) is 47.4 Å². The Hall–Kier alpha value is -2.09. The number of aromatic nitrogens is 2. The third-order valence-corrected chi connectivity index (χ3v) is 6.98. The quantitative estimate of drug-likeness (QED) is 0.606. The summed E-state index contributed by atoms with van der Waals surface area (Å²) in [6.45, 7) is 3.76. The number of anilines is 2. The minimum absolute atomic E-state index is 0.0868. The summed E-state index contributed by atoms with van der Waals surface area (Å²) in [4.78, 5) is 11.3. The minimum atomic E-state index is -4.01. The molecule has 3 aromatic rings. The van der Waals surface area contributed by atoms with Crippen molar-refractivity contribution in [2.24, 2.45) is 5.92 Å². The summed E-state index contributed by atoms with van der Waals surface area (Å²) in [7, 11) is -4.01. The number of fused-ring (bicyclic) bond motifs is 1. The molecule has 29 heavy (non-hydrogen) atoms. The summed E-state index contributed by atoms with van der Waals surface area (Å²) in [5.41, 5.74) is 1.32. The van der Waals surface area contributed by atoms with Gasteiger partial charge >= 0.3 is 0 Å². The first-order chi connectivity index (χ1) is 13.8. The number of sulfonamides is 1. The van der Waals surface area contributed by atoms with Crippen LogP contribution < -0.4 is 9.62 Å². The van der Waals surface area contributed by atoms with Gasteiger partial charge in [-0.15, -0.1) is 0 Å². The highest BCUT2D eigenvalue weighted by atomic mass is 35.5. The molecule has 6 nitrogen and oxygen atoms in total. The fourth-order valence-corrected chi connectivity index (χ4v) is 5.29. The Labute approximate surface area is 179 Å². The van der Waals surface area contributed by atoms with Crippen LogP contribution in [0, 0.1) is 5.92 Å². The fourth-order valence-electron chi connectivity index (χ4n) is 3.53. The van der Waals surface area contributed by atoms with E-state index in [1.54, 1.807) is 12.1 Å². The molecule has 0 bridgehead atoms. The van der Waals surface area contributed by atoms with Crippen LogP contribution in [-0.4, -0.2) is 31.5 Å². The van der Waals surface area contributed by atoms with E-state index in [4.69, 9.17) is 28.2 Å². The Bertz CT molecular complexity index is 1170. The zero-order valence-electron chi connectivity index (χ0n) is 15.8. The summed E-state index contributed by atoms with van der Waals surface area (Å²) in [6, 6.07) is 11.7. The predicted molar refractivity (Wildman–Crippen MR) is 117 cm³/mol. The van der Waals surface area contributed by atoms with Crippen molar-refractivity contribution >= 4 is 55.9 Å². The number of hydrogen-bond acceptors (Lipinski definition) is 5. The zero-order chi connectivity index (χ0) is 20.6. The number of nitrogens with zero attached hydrogens (tertiary/aromatic N) is 3. The van der Waals surface area contributed by atoms with E-state index in [9.17, 15) is 8.42 Å². The first kappa shape index (κ1) is 20.2. The molecule has 0 unspecified atom stereocenters. The van der Waals surface area contributed by atoms with Crippen LogP contribution >= 0.6 is 23.2 Å². The molecule has 0 radical (unpaired) electrons. The topological polar surface area (TPSA) is 75.2 Å². The molecule has 4 rings (SSSR count). The second-order valence-corrected chi connectivity index (χ2v) is 9.75. The summed E-state index contributed by atoms with van der Waals surface area (Å²) >= 11 is 12.1. The van der Waals surface area contributed by atoms with E-state index >= 15 is 0 Å². The molecule has 1 aromatic heterocycles. The monoisotopic (exact) mass is 450 g/mol. The first-order valence-electron chi connectivity index (χ1n) is 9.33. The van der Waals surface area contributed by atoms with Gasteiger partial charge in [-0.1, -0.05) is 42.3 Å². The van der Waals surface area contributed by atoms with Crippen LogP contribution in [0.5, 0.6) is 0 Å². The Morgan fingerprint density at radius 1 is 1.10 bits per heavy atom. The zero-order valence-corrected chi connectivity index (χ0v) is 18.1. The molecule has 0 saturated carbocycles. The predicted octanol–water partition coefficient (Wildman–Crippen LogP) is 4.97. The van der Waals surface area contributed by atoms with E-state index in [0.29, 0.717) is 22.8 Å². The molecule has 0 amide bonds.